The Morgan fingerprint density at radius 2 is 1.77 bits per heavy atom. The van der Waals surface area contributed by atoms with Gasteiger partial charge in [0.25, 0.3) is 0 Å². The molecule has 5 heteroatoms. The first-order valence-electron chi connectivity index (χ1n) is 4.41. The van der Waals surface area contributed by atoms with Gasteiger partial charge in [0.15, 0.2) is 0 Å². The van der Waals surface area contributed by atoms with Crippen molar-refractivity contribution in [3.8, 4) is 0 Å². The lowest BCUT2D eigenvalue weighted by Crippen LogP contribution is -2.41. The highest BCUT2D eigenvalue weighted by molar-refractivity contribution is 9.10. The zero-order valence-electron chi connectivity index (χ0n) is 8.09. The van der Waals surface area contributed by atoms with Gasteiger partial charge in [-0.15, -0.1) is 0 Å². The first kappa shape index (κ1) is 11.5. The Morgan fingerprint density at radius 1 is 1.31 bits per heavy atom. The van der Waals surface area contributed by atoms with Crippen molar-refractivity contribution in [2.45, 2.75) is 26.7 Å². The molecular weight excluding hydrogens is 254 g/mol. The zero-order valence-corrected chi connectivity index (χ0v) is 10.5. The minimum absolute atomic E-state index is 0.0421. The molecule has 0 aromatic carbocycles. The predicted octanol–water partition coefficient (Wildman–Crippen LogP) is 1.79. The van der Waals surface area contributed by atoms with Crippen molar-refractivity contribution in [1.82, 2.24) is 4.31 Å². The standard InChI is InChI=1S/C8H16BrNO2S/c1-8(2)3-5-10(6-4-8)13(11,12)7-9/h3-7H2,1-2H3. The normalized spacial score (nSPS) is 24.5. The summed E-state index contributed by atoms with van der Waals surface area (Å²) in [6, 6.07) is 0. The van der Waals surface area contributed by atoms with Crippen molar-refractivity contribution in [2.24, 2.45) is 5.41 Å². The highest BCUT2D eigenvalue weighted by Gasteiger charge is 2.30. The van der Waals surface area contributed by atoms with Crippen molar-refractivity contribution in [3.63, 3.8) is 0 Å². The molecule has 3 nitrogen and oxygen atoms in total. The van der Waals surface area contributed by atoms with Crippen LogP contribution in [0.5, 0.6) is 0 Å². The summed E-state index contributed by atoms with van der Waals surface area (Å²) in [5, 5.41) is 0. The lowest BCUT2D eigenvalue weighted by atomic mass is 9.83. The average Bonchev–Trinajstić information content (AvgIpc) is 2.04. The molecule has 1 aliphatic rings. The van der Waals surface area contributed by atoms with Gasteiger partial charge in [-0.05, 0) is 18.3 Å². The van der Waals surface area contributed by atoms with Crippen molar-refractivity contribution in [1.29, 1.82) is 0 Å². The molecular formula is C8H16BrNO2S. The van der Waals surface area contributed by atoms with Crippen LogP contribution in [0.15, 0.2) is 0 Å². The Labute approximate surface area is 88.7 Å². The molecule has 0 bridgehead atoms. The number of piperidine rings is 1. The topological polar surface area (TPSA) is 37.4 Å². The second-order valence-electron chi connectivity index (χ2n) is 4.28. The molecule has 0 atom stereocenters. The third kappa shape index (κ3) is 2.92. The average molecular weight is 270 g/mol. The molecule has 1 rings (SSSR count). The maximum atomic E-state index is 11.4. The van der Waals surface area contributed by atoms with E-state index < -0.39 is 10.0 Å². The van der Waals surface area contributed by atoms with Crippen LogP contribution in [0.2, 0.25) is 0 Å². The fourth-order valence-corrected chi connectivity index (χ4v) is 3.18. The van der Waals surface area contributed by atoms with Crippen LogP contribution < -0.4 is 0 Å². The Hall–Kier alpha value is 0.390. The molecule has 0 saturated carbocycles. The summed E-state index contributed by atoms with van der Waals surface area (Å²) in [6.45, 7) is 5.71. The summed E-state index contributed by atoms with van der Waals surface area (Å²) in [4.78, 5) is 0. The van der Waals surface area contributed by atoms with Gasteiger partial charge in [-0.3, -0.25) is 0 Å². The Balaban J connectivity index is 2.61. The molecule has 1 aliphatic heterocycles. The SMILES string of the molecule is CC1(C)CCN(S(=O)(=O)CBr)CC1. The molecule has 13 heavy (non-hydrogen) atoms. The second-order valence-corrected chi connectivity index (χ2v) is 7.56. The smallest absolute Gasteiger partial charge is 0.211 e. The first-order chi connectivity index (χ1) is 5.87. The largest absolute Gasteiger partial charge is 0.224 e. The van der Waals surface area contributed by atoms with E-state index in [-0.39, 0.29) is 4.66 Å². The summed E-state index contributed by atoms with van der Waals surface area (Å²) < 4.78 is 24.5. The summed E-state index contributed by atoms with van der Waals surface area (Å²) in [7, 11) is -3.02. The predicted molar refractivity (Wildman–Crippen MR) is 57.3 cm³/mol. The third-order valence-electron chi connectivity index (χ3n) is 2.61. The highest BCUT2D eigenvalue weighted by Crippen LogP contribution is 2.30. The van der Waals surface area contributed by atoms with Crippen molar-refractivity contribution >= 4 is 26.0 Å². The quantitative estimate of drug-likeness (QED) is 0.717. The lowest BCUT2D eigenvalue weighted by molar-refractivity contribution is 0.196. The van der Waals surface area contributed by atoms with E-state index in [9.17, 15) is 8.42 Å². The molecule has 1 fully saturated rings. The van der Waals surface area contributed by atoms with Gasteiger partial charge in [0.2, 0.25) is 10.0 Å². The number of hydrogen-bond donors (Lipinski definition) is 0. The van der Waals surface area contributed by atoms with Crippen molar-refractivity contribution in [3.05, 3.63) is 0 Å². The van der Waals surface area contributed by atoms with E-state index in [4.69, 9.17) is 0 Å². The van der Waals surface area contributed by atoms with E-state index in [0.29, 0.717) is 18.5 Å². The fraction of sp³-hybridized carbons (Fsp3) is 1.00. The molecule has 1 saturated heterocycles. The van der Waals surface area contributed by atoms with Crippen LogP contribution in [0.25, 0.3) is 0 Å². The minimum Gasteiger partial charge on any atom is -0.211 e. The molecule has 0 spiro atoms. The lowest BCUT2D eigenvalue weighted by Gasteiger charge is -2.35. The van der Waals surface area contributed by atoms with Gasteiger partial charge in [-0.1, -0.05) is 29.8 Å². The van der Waals surface area contributed by atoms with Crippen molar-refractivity contribution in [2.75, 3.05) is 17.8 Å². The summed E-state index contributed by atoms with van der Waals surface area (Å²) in [6.07, 6.45) is 1.92. The fourth-order valence-electron chi connectivity index (χ4n) is 1.44. The van der Waals surface area contributed by atoms with E-state index >= 15 is 0 Å². The molecule has 0 aromatic heterocycles. The molecule has 0 amide bonds. The van der Waals surface area contributed by atoms with E-state index in [2.05, 4.69) is 29.8 Å². The van der Waals surface area contributed by atoms with Crippen LogP contribution in [0.4, 0.5) is 0 Å². The Kier molecular flexibility index (Phi) is 3.41. The van der Waals surface area contributed by atoms with Crippen LogP contribution in [0.3, 0.4) is 0 Å². The number of alkyl halides is 1. The highest BCUT2D eigenvalue weighted by atomic mass is 79.9. The van der Waals surface area contributed by atoms with E-state index in [0.717, 1.165) is 12.8 Å². The molecule has 0 aliphatic carbocycles. The molecule has 0 N–H and O–H groups in total. The number of hydrogen-bond acceptors (Lipinski definition) is 2. The van der Waals surface area contributed by atoms with Gasteiger partial charge in [-0.2, -0.15) is 0 Å². The van der Waals surface area contributed by atoms with E-state index in [1.165, 1.54) is 0 Å². The zero-order chi connectivity index (χ0) is 10.1. The number of sulfonamides is 1. The molecule has 0 radical (unpaired) electrons. The van der Waals surface area contributed by atoms with Crippen LogP contribution in [0.1, 0.15) is 26.7 Å². The first-order valence-corrected chi connectivity index (χ1v) is 7.14. The van der Waals surface area contributed by atoms with E-state index in [1.807, 2.05) is 0 Å². The van der Waals surface area contributed by atoms with Crippen LogP contribution in [-0.2, 0) is 10.0 Å². The van der Waals surface area contributed by atoms with Crippen LogP contribution >= 0.6 is 15.9 Å². The van der Waals surface area contributed by atoms with Gasteiger partial charge >= 0.3 is 0 Å². The van der Waals surface area contributed by atoms with Crippen molar-refractivity contribution < 1.29 is 8.42 Å². The Bertz CT molecular complexity index is 264. The minimum atomic E-state index is -3.02. The molecule has 78 valence electrons. The van der Waals surface area contributed by atoms with Gasteiger partial charge in [0.05, 0.1) is 0 Å². The van der Waals surface area contributed by atoms with Gasteiger partial charge in [0, 0.05) is 13.1 Å². The van der Waals surface area contributed by atoms with Gasteiger partial charge in [-0.25, -0.2) is 12.7 Å². The van der Waals surface area contributed by atoms with Gasteiger partial charge in [0.1, 0.15) is 4.66 Å². The number of halogens is 1. The summed E-state index contributed by atoms with van der Waals surface area (Å²) >= 11 is 3.01. The molecule has 0 aromatic rings. The molecule has 1 heterocycles. The number of nitrogens with zero attached hydrogens (tertiary/aromatic N) is 1. The van der Waals surface area contributed by atoms with Crippen LogP contribution in [0, 0.1) is 5.41 Å². The second kappa shape index (κ2) is 3.87. The summed E-state index contributed by atoms with van der Waals surface area (Å²) in [5.41, 5.74) is 0.304. The van der Waals surface area contributed by atoms with E-state index in [1.54, 1.807) is 4.31 Å². The Morgan fingerprint density at radius 3 is 2.15 bits per heavy atom. The maximum Gasteiger partial charge on any atom is 0.224 e. The molecule has 0 unspecified atom stereocenters. The van der Waals surface area contributed by atoms with Crippen LogP contribution in [-0.4, -0.2) is 30.5 Å². The maximum absolute atomic E-state index is 11.4. The van der Waals surface area contributed by atoms with Gasteiger partial charge < -0.3 is 0 Å². The number of rotatable bonds is 2. The third-order valence-corrected chi connectivity index (χ3v) is 5.77. The summed E-state index contributed by atoms with van der Waals surface area (Å²) in [5.74, 6) is 0. The monoisotopic (exact) mass is 269 g/mol.